The van der Waals surface area contributed by atoms with E-state index in [1.807, 2.05) is 11.3 Å². The summed E-state index contributed by atoms with van der Waals surface area (Å²) in [7, 11) is 0. The average molecular weight is 548 g/mol. The van der Waals surface area contributed by atoms with E-state index in [1.165, 1.54) is 65.4 Å². The van der Waals surface area contributed by atoms with Crippen molar-refractivity contribution in [2.75, 3.05) is 10.2 Å². The molecule has 1 unspecified atom stereocenters. The van der Waals surface area contributed by atoms with Gasteiger partial charge in [0.2, 0.25) is 0 Å². The third-order valence-electron chi connectivity index (χ3n) is 8.41. The smallest absolute Gasteiger partial charge is 0.127 e. The molecule has 41 heavy (non-hydrogen) atoms. The van der Waals surface area contributed by atoms with Gasteiger partial charge in [-0.15, -0.1) is 11.3 Å². The zero-order valence-corrected chi connectivity index (χ0v) is 23.9. The summed E-state index contributed by atoms with van der Waals surface area (Å²) in [5.74, 6) is 0. The zero-order valence-electron chi connectivity index (χ0n) is 23.1. The van der Waals surface area contributed by atoms with Crippen LogP contribution in [0, 0.1) is 13.8 Å². The van der Waals surface area contributed by atoms with Crippen LogP contribution in [-0.4, -0.2) is 4.98 Å². The van der Waals surface area contributed by atoms with E-state index in [9.17, 15) is 0 Å². The average Bonchev–Trinajstić information content (AvgIpc) is 3.56. The van der Waals surface area contributed by atoms with Crippen molar-refractivity contribution in [3.8, 4) is 11.3 Å². The van der Waals surface area contributed by atoms with Crippen molar-refractivity contribution < 1.29 is 0 Å². The van der Waals surface area contributed by atoms with Crippen molar-refractivity contribution in [1.82, 2.24) is 4.98 Å². The second-order valence-corrected chi connectivity index (χ2v) is 12.0. The number of hydrogen-bond acceptors (Lipinski definition) is 4. The van der Waals surface area contributed by atoms with Gasteiger partial charge in [-0.2, -0.15) is 0 Å². The number of thiophene rings is 1. The molecule has 0 fully saturated rings. The summed E-state index contributed by atoms with van der Waals surface area (Å²) in [5.41, 5.74) is 9.83. The molecule has 3 nitrogen and oxygen atoms in total. The van der Waals surface area contributed by atoms with Crippen molar-refractivity contribution in [3.05, 3.63) is 138 Å². The molecule has 5 aromatic carbocycles. The van der Waals surface area contributed by atoms with Gasteiger partial charge in [0.05, 0.1) is 17.1 Å². The summed E-state index contributed by atoms with van der Waals surface area (Å²) >= 11 is 1.81. The Morgan fingerprint density at radius 1 is 0.707 bits per heavy atom. The Balaban J connectivity index is 1.30. The third kappa shape index (κ3) is 3.90. The fraction of sp³-hybridized carbons (Fsp3) is 0.108. The highest BCUT2D eigenvalue weighted by Gasteiger charge is 2.33. The fourth-order valence-corrected chi connectivity index (χ4v) is 7.72. The highest BCUT2D eigenvalue weighted by molar-refractivity contribution is 7.25. The minimum absolute atomic E-state index is 0.00542. The minimum Gasteiger partial charge on any atom is -0.360 e. The van der Waals surface area contributed by atoms with Crippen LogP contribution in [0.4, 0.5) is 11.4 Å². The Morgan fingerprint density at radius 2 is 1.46 bits per heavy atom. The highest BCUT2D eigenvalue weighted by Crippen LogP contribution is 2.49. The number of nitrogens with zero attached hydrogens (tertiary/aromatic N) is 2. The van der Waals surface area contributed by atoms with E-state index < -0.39 is 0 Å². The summed E-state index contributed by atoms with van der Waals surface area (Å²) < 4.78 is 1.29. The summed E-state index contributed by atoms with van der Waals surface area (Å²) in [6.45, 7) is 5.16. The Labute approximate surface area is 243 Å². The Morgan fingerprint density at radius 3 is 2.32 bits per heavy atom. The molecule has 7 aromatic rings. The maximum Gasteiger partial charge on any atom is 0.127 e. The van der Waals surface area contributed by atoms with E-state index in [0.29, 0.717) is 0 Å². The maximum atomic E-state index is 5.22. The molecule has 0 bridgehead atoms. The van der Waals surface area contributed by atoms with Crippen molar-refractivity contribution in [3.63, 3.8) is 0 Å². The van der Waals surface area contributed by atoms with Gasteiger partial charge in [-0.1, -0.05) is 97.1 Å². The number of benzene rings is 5. The standard InChI is InChI=1S/C37H29N3S/c1-23-10-8-11-24(2)33(23)31-21-19-29-28-16-9-17-30(35(28)41-37(29)39-31)36-38-32-20-18-26-14-6-7-15-27(26)34(32)40(36)22-25-12-4-3-5-13-25/h3-21,36,38H,22H2,1-2H3. The van der Waals surface area contributed by atoms with E-state index >= 15 is 0 Å². The van der Waals surface area contributed by atoms with Crippen LogP contribution in [0.2, 0.25) is 0 Å². The van der Waals surface area contributed by atoms with Gasteiger partial charge in [0, 0.05) is 38.5 Å². The van der Waals surface area contributed by atoms with Crippen molar-refractivity contribution in [2.24, 2.45) is 0 Å². The number of aryl methyl sites for hydroxylation is 2. The first kappa shape index (κ1) is 24.2. The molecule has 1 aliphatic heterocycles. The molecule has 1 aliphatic rings. The van der Waals surface area contributed by atoms with Crippen LogP contribution < -0.4 is 10.2 Å². The summed E-state index contributed by atoms with van der Waals surface area (Å²) in [6, 6.07) is 41.6. The van der Waals surface area contributed by atoms with Crippen LogP contribution in [0.15, 0.2) is 115 Å². The topological polar surface area (TPSA) is 28.2 Å². The predicted octanol–water partition coefficient (Wildman–Crippen LogP) is 10.0. The van der Waals surface area contributed by atoms with E-state index in [1.54, 1.807) is 0 Å². The van der Waals surface area contributed by atoms with Crippen LogP contribution in [0.25, 0.3) is 42.3 Å². The van der Waals surface area contributed by atoms with E-state index in [4.69, 9.17) is 4.98 Å². The molecule has 2 aromatic heterocycles. The Hall–Kier alpha value is -4.67. The Kier molecular flexibility index (Phi) is 5.58. The monoisotopic (exact) mass is 547 g/mol. The number of anilines is 2. The van der Waals surface area contributed by atoms with Gasteiger partial charge in [0.25, 0.3) is 0 Å². The van der Waals surface area contributed by atoms with Crippen LogP contribution in [0.1, 0.15) is 28.4 Å². The van der Waals surface area contributed by atoms with Gasteiger partial charge in [-0.3, -0.25) is 0 Å². The maximum absolute atomic E-state index is 5.22. The lowest BCUT2D eigenvalue weighted by Gasteiger charge is -2.28. The van der Waals surface area contributed by atoms with Crippen molar-refractivity contribution >= 4 is 53.8 Å². The molecule has 198 valence electrons. The van der Waals surface area contributed by atoms with Gasteiger partial charge in [0.15, 0.2) is 0 Å². The summed E-state index contributed by atoms with van der Waals surface area (Å²) in [6.07, 6.45) is 0.00542. The van der Waals surface area contributed by atoms with Crippen molar-refractivity contribution in [1.29, 1.82) is 0 Å². The highest BCUT2D eigenvalue weighted by atomic mass is 32.1. The summed E-state index contributed by atoms with van der Waals surface area (Å²) in [4.78, 5) is 8.85. The number of fused-ring (bicyclic) bond motifs is 6. The summed E-state index contributed by atoms with van der Waals surface area (Å²) in [5, 5.41) is 8.94. The normalized spacial score (nSPS) is 14.6. The first-order valence-corrected chi connectivity index (χ1v) is 14.9. The zero-order chi connectivity index (χ0) is 27.5. The molecule has 0 radical (unpaired) electrons. The van der Waals surface area contributed by atoms with E-state index in [2.05, 4.69) is 139 Å². The molecule has 0 saturated heterocycles. The minimum atomic E-state index is 0.00542. The Bertz CT molecular complexity index is 2070. The largest absolute Gasteiger partial charge is 0.360 e. The van der Waals surface area contributed by atoms with E-state index in [0.717, 1.165) is 17.1 Å². The first-order chi connectivity index (χ1) is 20.2. The SMILES string of the molecule is Cc1cccc(C)c1-c1ccc2c(n1)sc1c(C3Nc4ccc5ccccc5c4N3Cc3ccccc3)cccc12. The number of aromatic nitrogens is 1. The van der Waals surface area contributed by atoms with Crippen LogP contribution >= 0.6 is 11.3 Å². The molecule has 0 spiro atoms. The second kappa shape index (κ2) is 9.46. The third-order valence-corrected chi connectivity index (χ3v) is 9.58. The predicted molar refractivity (Wildman–Crippen MR) is 175 cm³/mol. The van der Waals surface area contributed by atoms with Crippen LogP contribution in [0.3, 0.4) is 0 Å². The number of hydrogen-bond donors (Lipinski definition) is 1. The molecular formula is C37H29N3S. The molecule has 3 heterocycles. The molecule has 4 heteroatoms. The molecule has 1 N–H and O–H groups in total. The number of rotatable bonds is 4. The molecule has 0 saturated carbocycles. The van der Waals surface area contributed by atoms with Gasteiger partial charge < -0.3 is 10.2 Å². The lowest BCUT2D eigenvalue weighted by atomic mass is 9.99. The molecule has 0 amide bonds. The lowest BCUT2D eigenvalue weighted by molar-refractivity contribution is 0.719. The van der Waals surface area contributed by atoms with Crippen LogP contribution in [0.5, 0.6) is 0 Å². The van der Waals surface area contributed by atoms with Gasteiger partial charge in [0.1, 0.15) is 11.0 Å². The number of pyridine rings is 1. The van der Waals surface area contributed by atoms with Gasteiger partial charge in [-0.25, -0.2) is 4.98 Å². The number of nitrogens with one attached hydrogen (secondary N) is 1. The van der Waals surface area contributed by atoms with Crippen LogP contribution in [-0.2, 0) is 6.54 Å². The molecule has 8 rings (SSSR count). The van der Waals surface area contributed by atoms with E-state index in [-0.39, 0.29) is 6.17 Å². The fourth-order valence-electron chi connectivity index (χ4n) is 6.51. The molecular weight excluding hydrogens is 518 g/mol. The quantitative estimate of drug-likeness (QED) is 0.238. The molecule has 0 aliphatic carbocycles. The lowest BCUT2D eigenvalue weighted by Crippen LogP contribution is -2.27. The van der Waals surface area contributed by atoms with Gasteiger partial charge >= 0.3 is 0 Å². The van der Waals surface area contributed by atoms with Gasteiger partial charge in [-0.05, 0) is 54.1 Å². The molecule has 1 atom stereocenters. The second-order valence-electron chi connectivity index (χ2n) is 11.0. The van der Waals surface area contributed by atoms with Crippen molar-refractivity contribution in [2.45, 2.75) is 26.6 Å². The first-order valence-electron chi connectivity index (χ1n) is 14.1.